The second kappa shape index (κ2) is 8.14. The number of nitrogens with one attached hydrogen (secondary N) is 1. The summed E-state index contributed by atoms with van der Waals surface area (Å²) in [5.41, 5.74) is 5.88. The van der Waals surface area contributed by atoms with Gasteiger partial charge in [-0.1, -0.05) is 36.0 Å². The van der Waals surface area contributed by atoms with Crippen LogP contribution in [-0.4, -0.2) is 26.9 Å². The molecule has 7 heteroatoms. The van der Waals surface area contributed by atoms with Crippen molar-refractivity contribution in [3.8, 4) is 0 Å². The van der Waals surface area contributed by atoms with Gasteiger partial charge < -0.3 is 4.57 Å². The van der Waals surface area contributed by atoms with Crippen LogP contribution < -0.4 is 5.43 Å². The van der Waals surface area contributed by atoms with Crippen molar-refractivity contribution >= 4 is 34.4 Å². The Morgan fingerprint density at radius 2 is 1.96 bits per heavy atom. The molecule has 134 valence electrons. The van der Waals surface area contributed by atoms with E-state index in [0.29, 0.717) is 5.71 Å². The zero-order valence-corrected chi connectivity index (χ0v) is 15.4. The van der Waals surface area contributed by atoms with Crippen LogP contribution in [0.25, 0.3) is 11.0 Å². The first-order valence-corrected chi connectivity index (χ1v) is 9.24. The zero-order valence-electron chi connectivity index (χ0n) is 14.6. The van der Waals surface area contributed by atoms with Crippen molar-refractivity contribution in [1.82, 2.24) is 15.0 Å². The molecule has 0 saturated carbocycles. The Kier molecular flexibility index (Phi) is 5.68. The molecule has 0 saturated heterocycles. The molecule has 26 heavy (non-hydrogen) atoms. The molecule has 0 aliphatic heterocycles. The van der Waals surface area contributed by atoms with E-state index < -0.39 is 0 Å². The van der Waals surface area contributed by atoms with Gasteiger partial charge in [0, 0.05) is 6.54 Å². The summed E-state index contributed by atoms with van der Waals surface area (Å²) in [6, 6.07) is 13.9. The van der Waals surface area contributed by atoms with Crippen molar-refractivity contribution in [1.29, 1.82) is 0 Å². The minimum atomic E-state index is -0.305. The van der Waals surface area contributed by atoms with Gasteiger partial charge in [-0.2, -0.15) is 5.10 Å². The maximum absolute atomic E-state index is 12.9. The third kappa shape index (κ3) is 4.11. The van der Waals surface area contributed by atoms with Gasteiger partial charge in [-0.3, -0.25) is 4.79 Å². The number of halogens is 1. The summed E-state index contributed by atoms with van der Waals surface area (Å²) in [7, 11) is 0. The molecule has 0 unspecified atom stereocenters. The fraction of sp³-hybridized carbons (Fsp3) is 0.211. The molecule has 0 aliphatic carbocycles. The lowest BCUT2D eigenvalue weighted by atomic mass is 10.1. The first-order valence-electron chi connectivity index (χ1n) is 8.25. The highest BCUT2D eigenvalue weighted by Crippen LogP contribution is 2.23. The Morgan fingerprint density at radius 1 is 1.23 bits per heavy atom. The van der Waals surface area contributed by atoms with Crippen LogP contribution in [0.15, 0.2) is 58.8 Å². The number of nitrogens with zero attached hydrogens (tertiary/aromatic N) is 3. The van der Waals surface area contributed by atoms with E-state index >= 15 is 0 Å². The van der Waals surface area contributed by atoms with E-state index in [0.717, 1.165) is 28.3 Å². The van der Waals surface area contributed by atoms with E-state index in [4.69, 9.17) is 0 Å². The second-order valence-electron chi connectivity index (χ2n) is 5.66. The van der Waals surface area contributed by atoms with Gasteiger partial charge in [-0.05, 0) is 43.7 Å². The second-order valence-corrected chi connectivity index (χ2v) is 6.60. The van der Waals surface area contributed by atoms with Gasteiger partial charge in [0.1, 0.15) is 5.82 Å². The molecule has 5 nitrogen and oxygen atoms in total. The summed E-state index contributed by atoms with van der Waals surface area (Å²) < 4.78 is 15.0. The number of hydrogen-bond donors (Lipinski definition) is 1. The monoisotopic (exact) mass is 370 g/mol. The number of hydrogen-bond acceptors (Lipinski definition) is 4. The first kappa shape index (κ1) is 18.1. The van der Waals surface area contributed by atoms with Crippen LogP contribution >= 0.6 is 11.8 Å². The molecule has 0 atom stereocenters. The number of carbonyl (C=O) groups excluding carboxylic acids is 1. The molecule has 1 N–H and O–H groups in total. The maximum Gasteiger partial charge on any atom is 0.250 e. The minimum absolute atomic E-state index is 0.212. The van der Waals surface area contributed by atoms with Gasteiger partial charge in [0.25, 0.3) is 5.91 Å². The van der Waals surface area contributed by atoms with E-state index in [1.807, 2.05) is 24.3 Å². The highest BCUT2D eigenvalue weighted by molar-refractivity contribution is 7.99. The number of benzene rings is 2. The van der Waals surface area contributed by atoms with E-state index in [-0.39, 0.29) is 17.5 Å². The summed E-state index contributed by atoms with van der Waals surface area (Å²) in [5, 5.41) is 4.88. The number of carbonyl (C=O) groups is 1. The number of imidazole rings is 1. The summed E-state index contributed by atoms with van der Waals surface area (Å²) in [6.45, 7) is 4.60. The van der Waals surface area contributed by atoms with Gasteiger partial charge in [0.2, 0.25) is 0 Å². The summed E-state index contributed by atoms with van der Waals surface area (Å²) in [6.07, 6.45) is 0. The average molecular weight is 370 g/mol. The Bertz CT molecular complexity index is 950. The average Bonchev–Trinajstić information content (AvgIpc) is 3.02. The zero-order chi connectivity index (χ0) is 18.5. The van der Waals surface area contributed by atoms with Crippen LogP contribution in [0.3, 0.4) is 0 Å². The van der Waals surface area contributed by atoms with Crippen molar-refractivity contribution < 1.29 is 9.18 Å². The van der Waals surface area contributed by atoms with Crippen LogP contribution in [0.5, 0.6) is 0 Å². The lowest BCUT2D eigenvalue weighted by molar-refractivity contribution is -0.118. The van der Waals surface area contributed by atoms with Crippen molar-refractivity contribution in [3.63, 3.8) is 0 Å². The third-order valence-electron chi connectivity index (χ3n) is 3.88. The highest BCUT2D eigenvalue weighted by atomic mass is 32.2. The quantitative estimate of drug-likeness (QED) is 0.408. The number of thioether (sulfide) groups is 1. The fourth-order valence-electron chi connectivity index (χ4n) is 2.53. The third-order valence-corrected chi connectivity index (χ3v) is 4.85. The predicted molar refractivity (Wildman–Crippen MR) is 103 cm³/mol. The normalized spacial score (nSPS) is 11.7. The Hall–Kier alpha value is -2.67. The van der Waals surface area contributed by atoms with Crippen molar-refractivity contribution in [2.45, 2.75) is 25.5 Å². The molecule has 1 amide bonds. The molecule has 3 rings (SSSR count). The van der Waals surface area contributed by atoms with Crippen molar-refractivity contribution in [2.24, 2.45) is 5.10 Å². The number of rotatable bonds is 6. The molecular formula is C19H19FN4OS. The van der Waals surface area contributed by atoms with E-state index in [9.17, 15) is 9.18 Å². The molecule has 0 radical (unpaired) electrons. The van der Waals surface area contributed by atoms with Crippen LogP contribution in [0.1, 0.15) is 19.4 Å². The smallest absolute Gasteiger partial charge is 0.250 e. The highest BCUT2D eigenvalue weighted by Gasteiger charge is 2.11. The van der Waals surface area contributed by atoms with Crippen LogP contribution in [0, 0.1) is 5.82 Å². The van der Waals surface area contributed by atoms with Crippen LogP contribution in [0.2, 0.25) is 0 Å². The number of hydrazone groups is 1. The molecule has 1 heterocycles. The molecule has 0 fully saturated rings. The number of amides is 1. The van der Waals surface area contributed by atoms with Gasteiger partial charge in [0.05, 0.1) is 22.5 Å². The van der Waals surface area contributed by atoms with Crippen molar-refractivity contribution in [2.75, 3.05) is 5.75 Å². The topological polar surface area (TPSA) is 59.3 Å². The first-order chi connectivity index (χ1) is 12.6. The molecule has 2 aromatic carbocycles. The van der Waals surface area contributed by atoms with Crippen molar-refractivity contribution in [3.05, 3.63) is 59.9 Å². The Labute approximate surface area is 155 Å². The summed E-state index contributed by atoms with van der Waals surface area (Å²) >= 11 is 1.38. The lowest BCUT2D eigenvalue weighted by Gasteiger charge is -2.05. The predicted octanol–water partition coefficient (Wildman–Crippen LogP) is 3.83. The van der Waals surface area contributed by atoms with Gasteiger partial charge in [-0.25, -0.2) is 14.8 Å². The maximum atomic E-state index is 12.9. The Balaban J connectivity index is 1.62. The molecular weight excluding hydrogens is 351 g/mol. The van der Waals surface area contributed by atoms with Gasteiger partial charge in [-0.15, -0.1) is 0 Å². The molecule has 0 bridgehead atoms. The SMILES string of the molecule is CCn1c(SCC(=O)N/N=C(\C)c2ccc(F)cc2)nc2ccccc21. The largest absolute Gasteiger partial charge is 0.319 e. The van der Waals surface area contributed by atoms with Crippen LogP contribution in [0.4, 0.5) is 4.39 Å². The minimum Gasteiger partial charge on any atom is -0.319 e. The molecule has 0 spiro atoms. The lowest BCUT2D eigenvalue weighted by Crippen LogP contribution is -2.21. The van der Waals surface area contributed by atoms with E-state index in [1.54, 1.807) is 19.1 Å². The molecule has 1 aromatic heterocycles. The molecule has 0 aliphatic rings. The number of fused-ring (bicyclic) bond motifs is 1. The standard InChI is InChI=1S/C19H19FN4OS/c1-3-24-17-7-5-4-6-16(17)21-19(24)26-12-18(25)23-22-13(2)14-8-10-15(20)11-9-14/h4-11H,3,12H2,1-2H3,(H,23,25)/b22-13+. The summed E-state index contributed by atoms with van der Waals surface area (Å²) in [4.78, 5) is 16.7. The van der Waals surface area contributed by atoms with E-state index in [2.05, 4.69) is 27.0 Å². The number of aromatic nitrogens is 2. The van der Waals surface area contributed by atoms with E-state index in [1.165, 1.54) is 23.9 Å². The van der Waals surface area contributed by atoms with Gasteiger partial charge >= 0.3 is 0 Å². The summed E-state index contributed by atoms with van der Waals surface area (Å²) in [5.74, 6) is -0.309. The fourth-order valence-corrected chi connectivity index (χ4v) is 3.40. The van der Waals surface area contributed by atoms with Crippen LogP contribution in [-0.2, 0) is 11.3 Å². The van der Waals surface area contributed by atoms with Gasteiger partial charge in [0.15, 0.2) is 5.16 Å². The number of para-hydroxylation sites is 2. The Morgan fingerprint density at radius 3 is 2.69 bits per heavy atom. The number of aryl methyl sites for hydroxylation is 1. The molecule has 3 aromatic rings.